The van der Waals surface area contributed by atoms with Crippen LogP contribution in [-0.2, 0) is 6.42 Å². The first-order valence-electron chi connectivity index (χ1n) is 5.22. The molecule has 0 spiro atoms. The summed E-state index contributed by atoms with van der Waals surface area (Å²) < 4.78 is 13.9. The van der Waals surface area contributed by atoms with E-state index >= 15 is 0 Å². The first kappa shape index (κ1) is 12.7. The van der Waals surface area contributed by atoms with Crippen LogP contribution in [0.2, 0.25) is 0 Å². The Kier molecular flexibility index (Phi) is 4.25. The van der Waals surface area contributed by atoms with Crippen molar-refractivity contribution in [1.82, 2.24) is 10.3 Å². The molecule has 0 aliphatic carbocycles. The first-order chi connectivity index (χ1) is 8.19. The molecule has 0 aliphatic rings. The SMILES string of the molecule is CNC(Cc1ccc(Br)s1)c1ccc(F)cn1. The molecule has 5 heteroatoms. The summed E-state index contributed by atoms with van der Waals surface area (Å²) in [4.78, 5) is 5.37. The molecular weight excluding hydrogens is 303 g/mol. The van der Waals surface area contributed by atoms with Crippen LogP contribution in [0, 0.1) is 5.82 Å². The fourth-order valence-corrected chi connectivity index (χ4v) is 3.14. The molecule has 2 rings (SSSR count). The van der Waals surface area contributed by atoms with E-state index in [1.165, 1.54) is 17.1 Å². The van der Waals surface area contributed by atoms with Crippen molar-refractivity contribution < 1.29 is 4.39 Å². The smallest absolute Gasteiger partial charge is 0.141 e. The van der Waals surface area contributed by atoms with Gasteiger partial charge in [-0.05, 0) is 47.2 Å². The zero-order chi connectivity index (χ0) is 12.3. The van der Waals surface area contributed by atoms with E-state index in [4.69, 9.17) is 0 Å². The number of aromatic nitrogens is 1. The lowest BCUT2D eigenvalue weighted by atomic mass is 10.1. The third kappa shape index (κ3) is 3.34. The highest BCUT2D eigenvalue weighted by Gasteiger charge is 2.12. The average molecular weight is 315 g/mol. The summed E-state index contributed by atoms with van der Waals surface area (Å²) >= 11 is 5.15. The van der Waals surface area contributed by atoms with Crippen LogP contribution >= 0.6 is 27.3 Å². The summed E-state index contributed by atoms with van der Waals surface area (Å²) in [6.45, 7) is 0. The number of nitrogens with zero attached hydrogens (tertiary/aromatic N) is 1. The zero-order valence-electron chi connectivity index (χ0n) is 9.28. The molecule has 0 fully saturated rings. The summed E-state index contributed by atoms with van der Waals surface area (Å²) in [5.41, 5.74) is 0.860. The van der Waals surface area contributed by atoms with Crippen LogP contribution in [0.4, 0.5) is 4.39 Å². The fourth-order valence-electron chi connectivity index (χ4n) is 1.61. The molecule has 2 heterocycles. The summed E-state index contributed by atoms with van der Waals surface area (Å²) in [5.74, 6) is -0.303. The van der Waals surface area contributed by atoms with Gasteiger partial charge in [0.15, 0.2) is 0 Å². The molecule has 0 aromatic carbocycles. The highest BCUT2D eigenvalue weighted by molar-refractivity contribution is 9.11. The second kappa shape index (κ2) is 5.71. The Balaban J connectivity index is 2.13. The van der Waals surface area contributed by atoms with Crippen molar-refractivity contribution in [3.8, 4) is 0 Å². The van der Waals surface area contributed by atoms with E-state index in [-0.39, 0.29) is 11.9 Å². The van der Waals surface area contributed by atoms with E-state index in [1.807, 2.05) is 13.1 Å². The molecular formula is C12H12BrFN2S. The lowest BCUT2D eigenvalue weighted by Crippen LogP contribution is -2.19. The Morgan fingerprint density at radius 3 is 2.76 bits per heavy atom. The second-order valence-corrected chi connectivity index (χ2v) is 6.20. The maximum Gasteiger partial charge on any atom is 0.141 e. The Labute approximate surface area is 112 Å². The molecule has 90 valence electrons. The molecule has 0 saturated heterocycles. The van der Waals surface area contributed by atoms with Crippen molar-refractivity contribution in [3.63, 3.8) is 0 Å². The van der Waals surface area contributed by atoms with Crippen LogP contribution in [0.5, 0.6) is 0 Å². The molecule has 2 nitrogen and oxygen atoms in total. The van der Waals surface area contributed by atoms with Crippen LogP contribution in [-0.4, -0.2) is 12.0 Å². The minimum atomic E-state index is -0.303. The van der Waals surface area contributed by atoms with Crippen LogP contribution in [0.25, 0.3) is 0 Å². The van der Waals surface area contributed by atoms with E-state index in [0.717, 1.165) is 15.9 Å². The van der Waals surface area contributed by atoms with Gasteiger partial charge in [-0.1, -0.05) is 0 Å². The highest BCUT2D eigenvalue weighted by atomic mass is 79.9. The molecule has 0 radical (unpaired) electrons. The first-order valence-corrected chi connectivity index (χ1v) is 6.83. The maximum atomic E-state index is 12.8. The summed E-state index contributed by atoms with van der Waals surface area (Å²) in [6, 6.07) is 7.39. The van der Waals surface area contributed by atoms with E-state index in [1.54, 1.807) is 17.4 Å². The summed E-state index contributed by atoms with van der Waals surface area (Å²) in [7, 11) is 1.89. The van der Waals surface area contributed by atoms with E-state index in [9.17, 15) is 4.39 Å². The molecule has 1 unspecified atom stereocenters. The van der Waals surface area contributed by atoms with Gasteiger partial charge in [-0.2, -0.15) is 0 Å². The number of rotatable bonds is 4. The summed E-state index contributed by atoms with van der Waals surface area (Å²) in [5, 5.41) is 3.20. The van der Waals surface area contributed by atoms with E-state index < -0.39 is 0 Å². The standard InChI is InChI=1S/C12H12BrFN2S/c1-15-11(6-9-3-5-12(13)17-9)10-4-2-8(14)7-16-10/h2-5,7,11,15H,6H2,1H3. The van der Waals surface area contributed by atoms with Crippen molar-refractivity contribution in [3.05, 3.63) is 50.6 Å². The highest BCUT2D eigenvalue weighted by Crippen LogP contribution is 2.26. The number of halogens is 2. The van der Waals surface area contributed by atoms with Crippen molar-refractivity contribution in [2.75, 3.05) is 7.05 Å². The van der Waals surface area contributed by atoms with Gasteiger partial charge < -0.3 is 5.32 Å². The third-order valence-corrected chi connectivity index (χ3v) is 4.14. The number of pyridine rings is 1. The Morgan fingerprint density at radius 2 is 2.24 bits per heavy atom. The number of nitrogens with one attached hydrogen (secondary N) is 1. The van der Waals surface area contributed by atoms with Crippen LogP contribution < -0.4 is 5.32 Å². The minimum Gasteiger partial charge on any atom is -0.311 e. The van der Waals surface area contributed by atoms with Crippen molar-refractivity contribution >= 4 is 27.3 Å². The number of thiophene rings is 1. The van der Waals surface area contributed by atoms with Gasteiger partial charge >= 0.3 is 0 Å². The Morgan fingerprint density at radius 1 is 1.41 bits per heavy atom. The molecule has 0 amide bonds. The molecule has 1 N–H and O–H groups in total. The van der Waals surface area contributed by atoms with Crippen LogP contribution in [0.3, 0.4) is 0 Å². The lowest BCUT2D eigenvalue weighted by molar-refractivity contribution is 0.569. The second-order valence-electron chi connectivity index (χ2n) is 3.65. The normalized spacial score (nSPS) is 12.6. The Hall–Kier alpha value is -0.780. The predicted octanol–water partition coefficient (Wildman–Crippen LogP) is 3.55. The van der Waals surface area contributed by atoms with Gasteiger partial charge in [-0.15, -0.1) is 11.3 Å². The molecule has 0 bridgehead atoms. The van der Waals surface area contributed by atoms with E-state index in [2.05, 4.69) is 32.3 Å². The van der Waals surface area contributed by atoms with Gasteiger partial charge in [0.25, 0.3) is 0 Å². The predicted molar refractivity (Wildman–Crippen MR) is 71.7 cm³/mol. The fraction of sp³-hybridized carbons (Fsp3) is 0.250. The Bertz CT molecular complexity index is 484. The van der Waals surface area contributed by atoms with Gasteiger partial charge in [0, 0.05) is 11.3 Å². The average Bonchev–Trinajstić information content (AvgIpc) is 2.73. The number of hydrogen-bond acceptors (Lipinski definition) is 3. The van der Waals surface area contributed by atoms with Crippen LogP contribution in [0.1, 0.15) is 16.6 Å². The molecule has 1 atom stereocenters. The minimum absolute atomic E-state index is 0.112. The monoisotopic (exact) mass is 314 g/mol. The molecule has 0 aliphatic heterocycles. The molecule has 0 saturated carbocycles. The van der Waals surface area contributed by atoms with Crippen molar-refractivity contribution in [1.29, 1.82) is 0 Å². The van der Waals surface area contributed by atoms with Gasteiger partial charge in [0.05, 0.1) is 21.7 Å². The topological polar surface area (TPSA) is 24.9 Å². The molecule has 2 aromatic rings. The molecule has 17 heavy (non-hydrogen) atoms. The maximum absolute atomic E-state index is 12.8. The van der Waals surface area contributed by atoms with Gasteiger partial charge in [0.1, 0.15) is 5.82 Å². The zero-order valence-corrected chi connectivity index (χ0v) is 11.7. The van der Waals surface area contributed by atoms with Gasteiger partial charge in [-0.25, -0.2) is 4.39 Å². The number of likely N-dealkylation sites (N-methyl/N-ethyl adjacent to an activating group) is 1. The van der Waals surface area contributed by atoms with E-state index in [0.29, 0.717) is 0 Å². The van der Waals surface area contributed by atoms with Crippen LogP contribution in [0.15, 0.2) is 34.2 Å². The largest absolute Gasteiger partial charge is 0.311 e. The molecule has 2 aromatic heterocycles. The van der Waals surface area contributed by atoms with Crippen molar-refractivity contribution in [2.45, 2.75) is 12.5 Å². The quantitative estimate of drug-likeness (QED) is 0.933. The third-order valence-electron chi connectivity index (χ3n) is 2.49. The lowest BCUT2D eigenvalue weighted by Gasteiger charge is -2.14. The van der Waals surface area contributed by atoms with Gasteiger partial charge in [0.2, 0.25) is 0 Å². The summed E-state index contributed by atoms with van der Waals surface area (Å²) in [6.07, 6.45) is 2.11. The van der Waals surface area contributed by atoms with Gasteiger partial charge in [-0.3, -0.25) is 4.98 Å². The van der Waals surface area contributed by atoms with Crippen molar-refractivity contribution in [2.24, 2.45) is 0 Å². The number of hydrogen-bond donors (Lipinski definition) is 1.